The molecule has 0 aliphatic carbocycles. The van der Waals surface area contributed by atoms with Gasteiger partial charge in [-0.25, -0.2) is 15.0 Å². The number of nitrogens with one attached hydrogen (secondary N) is 1. The Hall–Kier alpha value is -2.24. The van der Waals surface area contributed by atoms with Gasteiger partial charge in [-0.15, -0.1) is 0 Å². The molecule has 18 heavy (non-hydrogen) atoms. The molecule has 94 valence electrons. The van der Waals surface area contributed by atoms with Crippen LogP contribution in [0, 0.1) is 6.92 Å². The molecular formula is C12H15N5O. The van der Waals surface area contributed by atoms with Gasteiger partial charge in [-0.3, -0.25) is 4.79 Å². The summed E-state index contributed by atoms with van der Waals surface area (Å²) in [5.74, 6) is 1.26. The van der Waals surface area contributed by atoms with E-state index in [0.717, 1.165) is 6.42 Å². The van der Waals surface area contributed by atoms with E-state index in [9.17, 15) is 4.79 Å². The summed E-state index contributed by atoms with van der Waals surface area (Å²) >= 11 is 0. The van der Waals surface area contributed by atoms with Crippen LogP contribution >= 0.6 is 0 Å². The van der Waals surface area contributed by atoms with Crippen LogP contribution in [0.5, 0.6) is 0 Å². The Morgan fingerprint density at radius 1 is 1.39 bits per heavy atom. The number of hydrogen-bond donors (Lipinski definition) is 2. The molecule has 0 aromatic carbocycles. The Balaban J connectivity index is 2.51. The van der Waals surface area contributed by atoms with Crippen molar-refractivity contribution in [1.82, 2.24) is 19.9 Å². The van der Waals surface area contributed by atoms with Gasteiger partial charge in [0, 0.05) is 6.20 Å². The fourth-order valence-electron chi connectivity index (χ4n) is 1.72. The summed E-state index contributed by atoms with van der Waals surface area (Å²) in [6.07, 6.45) is 3.09. The number of rotatable bonds is 3. The topological polar surface area (TPSA) is 97.5 Å². The second-order valence-corrected chi connectivity index (χ2v) is 4.02. The molecule has 6 nitrogen and oxygen atoms in total. The average molecular weight is 245 g/mol. The number of nitrogen functional groups attached to an aromatic ring is 1. The van der Waals surface area contributed by atoms with Crippen LogP contribution in [0.25, 0.3) is 11.5 Å². The van der Waals surface area contributed by atoms with Crippen LogP contribution < -0.4 is 11.3 Å². The van der Waals surface area contributed by atoms with Gasteiger partial charge in [0.25, 0.3) is 5.56 Å². The molecule has 0 spiro atoms. The normalized spacial score (nSPS) is 10.6. The monoisotopic (exact) mass is 245 g/mol. The number of anilines is 1. The molecule has 2 aromatic rings. The van der Waals surface area contributed by atoms with Crippen molar-refractivity contribution in [3.63, 3.8) is 0 Å². The number of nitrogens with zero attached hydrogens (tertiary/aromatic N) is 3. The summed E-state index contributed by atoms with van der Waals surface area (Å²) in [5, 5.41) is 0. The van der Waals surface area contributed by atoms with Crippen molar-refractivity contribution >= 4 is 5.82 Å². The highest BCUT2D eigenvalue weighted by atomic mass is 16.1. The Bertz CT molecular complexity index is 620. The SMILES string of the molecule is CCCc1c(N)nc(-c2ccnc(C)n2)[nH]c1=O. The molecule has 3 N–H and O–H groups in total. The van der Waals surface area contributed by atoms with Crippen LogP contribution in [-0.4, -0.2) is 19.9 Å². The minimum absolute atomic E-state index is 0.199. The van der Waals surface area contributed by atoms with Crippen molar-refractivity contribution in [3.05, 3.63) is 34.0 Å². The molecule has 0 unspecified atom stereocenters. The van der Waals surface area contributed by atoms with E-state index in [1.54, 1.807) is 19.2 Å². The van der Waals surface area contributed by atoms with Crippen LogP contribution in [0.2, 0.25) is 0 Å². The van der Waals surface area contributed by atoms with Gasteiger partial charge < -0.3 is 10.7 Å². The van der Waals surface area contributed by atoms with Crippen LogP contribution in [0.15, 0.2) is 17.1 Å². The number of H-pyrrole nitrogens is 1. The molecule has 2 heterocycles. The summed E-state index contributed by atoms with van der Waals surface area (Å²) < 4.78 is 0. The zero-order valence-electron chi connectivity index (χ0n) is 10.4. The van der Waals surface area contributed by atoms with E-state index in [1.807, 2.05) is 6.92 Å². The summed E-state index contributed by atoms with van der Waals surface area (Å²) in [5.41, 5.74) is 6.71. The van der Waals surface area contributed by atoms with Crippen molar-refractivity contribution in [2.75, 3.05) is 5.73 Å². The van der Waals surface area contributed by atoms with Crippen LogP contribution in [-0.2, 0) is 6.42 Å². The summed E-state index contributed by atoms with van der Waals surface area (Å²) in [4.78, 5) is 27.0. The van der Waals surface area contributed by atoms with Gasteiger partial charge in [0.1, 0.15) is 17.3 Å². The lowest BCUT2D eigenvalue weighted by Gasteiger charge is -2.05. The highest BCUT2D eigenvalue weighted by Crippen LogP contribution is 2.13. The first kappa shape index (κ1) is 12.2. The van der Waals surface area contributed by atoms with E-state index in [0.29, 0.717) is 29.3 Å². The minimum atomic E-state index is -0.199. The summed E-state index contributed by atoms with van der Waals surface area (Å²) in [6.45, 7) is 3.76. The molecule has 2 rings (SSSR count). The lowest BCUT2D eigenvalue weighted by Crippen LogP contribution is -2.18. The predicted molar refractivity (Wildman–Crippen MR) is 69.0 cm³/mol. The van der Waals surface area contributed by atoms with Crippen molar-refractivity contribution < 1.29 is 0 Å². The number of nitrogens with two attached hydrogens (primary N) is 1. The maximum atomic E-state index is 11.9. The van der Waals surface area contributed by atoms with Crippen molar-refractivity contribution in [2.45, 2.75) is 26.7 Å². The first-order chi connectivity index (χ1) is 8.61. The lowest BCUT2D eigenvalue weighted by atomic mass is 10.2. The van der Waals surface area contributed by atoms with E-state index in [-0.39, 0.29) is 11.4 Å². The third kappa shape index (κ3) is 2.37. The van der Waals surface area contributed by atoms with Crippen LogP contribution in [0.1, 0.15) is 24.7 Å². The molecule has 0 atom stereocenters. The fourth-order valence-corrected chi connectivity index (χ4v) is 1.72. The molecule has 0 amide bonds. The van der Waals surface area contributed by atoms with Crippen LogP contribution in [0.3, 0.4) is 0 Å². The molecule has 6 heteroatoms. The van der Waals surface area contributed by atoms with Gasteiger partial charge in [-0.1, -0.05) is 13.3 Å². The first-order valence-electron chi connectivity index (χ1n) is 5.80. The zero-order chi connectivity index (χ0) is 13.1. The van der Waals surface area contributed by atoms with Gasteiger partial charge in [-0.05, 0) is 19.4 Å². The first-order valence-corrected chi connectivity index (χ1v) is 5.80. The highest BCUT2D eigenvalue weighted by Gasteiger charge is 2.10. The molecule has 0 aliphatic rings. The Morgan fingerprint density at radius 2 is 2.17 bits per heavy atom. The summed E-state index contributed by atoms with van der Waals surface area (Å²) in [6, 6.07) is 1.68. The van der Waals surface area contributed by atoms with E-state index >= 15 is 0 Å². The molecule has 0 saturated carbocycles. The van der Waals surface area contributed by atoms with E-state index < -0.39 is 0 Å². The minimum Gasteiger partial charge on any atom is -0.383 e. The second kappa shape index (κ2) is 4.95. The number of aromatic nitrogens is 4. The number of hydrogen-bond acceptors (Lipinski definition) is 5. The molecule has 0 saturated heterocycles. The predicted octanol–water partition coefficient (Wildman–Crippen LogP) is 1.07. The molecule has 0 aliphatic heterocycles. The standard InChI is InChI=1S/C12H15N5O/c1-3-4-8-10(13)16-11(17-12(8)18)9-5-6-14-7(2)15-9/h5-6H,3-4H2,1-2H3,(H3,13,16,17,18). The molecule has 2 aromatic heterocycles. The third-order valence-corrected chi connectivity index (χ3v) is 2.57. The second-order valence-electron chi connectivity index (χ2n) is 4.02. The molecule has 0 bridgehead atoms. The van der Waals surface area contributed by atoms with Gasteiger partial charge in [0.15, 0.2) is 5.82 Å². The van der Waals surface area contributed by atoms with E-state index in [4.69, 9.17) is 5.73 Å². The zero-order valence-corrected chi connectivity index (χ0v) is 10.4. The van der Waals surface area contributed by atoms with E-state index in [2.05, 4.69) is 19.9 Å². The largest absolute Gasteiger partial charge is 0.383 e. The number of aryl methyl sites for hydroxylation is 1. The smallest absolute Gasteiger partial charge is 0.256 e. The van der Waals surface area contributed by atoms with Crippen molar-refractivity contribution in [1.29, 1.82) is 0 Å². The maximum absolute atomic E-state index is 11.9. The highest BCUT2D eigenvalue weighted by molar-refractivity contribution is 5.52. The van der Waals surface area contributed by atoms with Crippen LogP contribution in [0.4, 0.5) is 5.82 Å². The Labute approximate surface area is 104 Å². The summed E-state index contributed by atoms with van der Waals surface area (Å²) in [7, 11) is 0. The molecular weight excluding hydrogens is 230 g/mol. The van der Waals surface area contributed by atoms with E-state index in [1.165, 1.54) is 0 Å². The van der Waals surface area contributed by atoms with Crippen molar-refractivity contribution in [2.24, 2.45) is 0 Å². The maximum Gasteiger partial charge on any atom is 0.256 e. The van der Waals surface area contributed by atoms with Gasteiger partial charge in [-0.2, -0.15) is 0 Å². The third-order valence-electron chi connectivity index (χ3n) is 2.57. The fraction of sp³-hybridized carbons (Fsp3) is 0.333. The number of aromatic amines is 1. The molecule has 0 radical (unpaired) electrons. The molecule has 0 fully saturated rings. The van der Waals surface area contributed by atoms with Gasteiger partial charge >= 0.3 is 0 Å². The Morgan fingerprint density at radius 3 is 2.78 bits per heavy atom. The lowest BCUT2D eigenvalue weighted by molar-refractivity contribution is 0.889. The quantitative estimate of drug-likeness (QED) is 0.842. The van der Waals surface area contributed by atoms with Gasteiger partial charge in [0.05, 0.1) is 5.56 Å². The average Bonchev–Trinajstić information content (AvgIpc) is 2.33. The Kier molecular flexibility index (Phi) is 3.36. The van der Waals surface area contributed by atoms with Crippen molar-refractivity contribution in [3.8, 4) is 11.5 Å². The van der Waals surface area contributed by atoms with Gasteiger partial charge in [0.2, 0.25) is 0 Å².